The Kier molecular flexibility index (Phi) is 7.78. The van der Waals surface area contributed by atoms with Gasteiger partial charge in [0.25, 0.3) is 10.2 Å². The lowest BCUT2D eigenvalue weighted by atomic mass is 9.45. The van der Waals surface area contributed by atoms with Crippen molar-refractivity contribution in [3.05, 3.63) is 66.3 Å². The Bertz CT molecular complexity index is 1360. The van der Waals surface area contributed by atoms with Crippen LogP contribution in [0.2, 0.25) is 0 Å². The summed E-state index contributed by atoms with van der Waals surface area (Å²) in [5.41, 5.74) is 0.393. The Morgan fingerprint density at radius 2 is 1.70 bits per heavy atom. The van der Waals surface area contributed by atoms with Crippen LogP contribution in [0.4, 0.5) is 0 Å². The lowest BCUT2D eigenvalue weighted by Crippen LogP contribution is -2.61. The second-order valence-corrected chi connectivity index (χ2v) is 13.7. The second-order valence-electron chi connectivity index (χ2n) is 13.7. The summed E-state index contributed by atoms with van der Waals surface area (Å²) in [6, 6.07) is 3.28. The largest absolute Gasteiger partial charge is 0.431 e. The van der Waals surface area contributed by atoms with Crippen molar-refractivity contribution in [2.24, 2.45) is 22.7 Å². The molecule has 242 valence electrons. The van der Waals surface area contributed by atoms with E-state index in [0.29, 0.717) is 12.8 Å². The molecule has 0 unspecified atom stereocenters. The monoisotopic (exact) mass is 620 g/mol. The van der Waals surface area contributed by atoms with Crippen molar-refractivity contribution in [3.63, 3.8) is 0 Å². The first-order valence-electron chi connectivity index (χ1n) is 15.4. The second kappa shape index (κ2) is 11.1. The minimum absolute atomic E-state index is 0.0977. The quantitative estimate of drug-likeness (QED) is 0.256. The van der Waals surface area contributed by atoms with E-state index in [1.807, 2.05) is 12.1 Å². The van der Waals surface area contributed by atoms with Crippen molar-refractivity contribution in [2.75, 3.05) is 0 Å². The summed E-state index contributed by atoms with van der Waals surface area (Å²) in [5.74, 6) is 0.447. The summed E-state index contributed by atoms with van der Waals surface area (Å²) in [5, 5.41) is 43.0. The fourth-order valence-corrected chi connectivity index (χ4v) is 9.57. The van der Waals surface area contributed by atoms with Gasteiger partial charge in [-0.25, -0.2) is 4.79 Å². The number of fused-ring (bicyclic) bond motifs is 5. The molecule has 0 radical (unpaired) electrons. The lowest BCUT2D eigenvalue weighted by molar-refractivity contribution is -0.806. The molecule has 0 spiro atoms. The zero-order valence-corrected chi connectivity index (χ0v) is 25.0. The highest BCUT2D eigenvalue weighted by atomic mass is 17.0. The summed E-state index contributed by atoms with van der Waals surface area (Å²) in [7, 11) is 0. The van der Waals surface area contributed by atoms with Crippen molar-refractivity contribution in [1.29, 1.82) is 0 Å². The van der Waals surface area contributed by atoms with Gasteiger partial charge in [-0.05, 0) is 93.1 Å². The molecule has 6 rings (SSSR count). The van der Waals surface area contributed by atoms with Gasteiger partial charge in [-0.2, -0.15) is 0 Å². The molecule has 14 heteroatoms. The fourth-order valence-electron chi connectivity index (χ4n) is 9.57. The Morgan fingerprint density at radius 1 is 0.977 bits per heavy atom. The van der Waals surface area contributed by atoms with Crippen LogP contribution in [0.3, 0.4) is 0 Å². The van der Waals surface area contributed by atoms with Crippen LogP contribution in [-0.4, -0.2) is 62.8 Å². The molecule has 12 atom stereocenters. The van der Waals surface area contributed by atoms with E-state index in [9.17, 15) is 35.2 Å². The number of rotatable bonds is 7. The average Bonchev–Trinajstić information content (AvgIpc) is 3.24. The fraction of sp³-hybridized carbons (Fsp3) is 0.767. The Morgan fingerprint density at radius 3 is 2.39 bits per heavy atom. The van der Waals surface area contributed by atoms with Crippen molar-refractivity contribution in [2.45, 2.75) is 120 Å². The first kappa shape index (κ1) is 30.9. The van der Waals surface area contributed by atoms with E-state index < -0.39 is 52.6 Å². The number of hydrogen-bond acceptors (Lipinski definition) is 12. The van der Waals surface area contributed by atoms with Crippen molar-refractivity contribution in [3.8, 4) is 0 Å². The van der Waals surface area contributed by atoms with Gasteiger partial charge in [-0.3, -0.25) is 0 Å². The minimum atomic E-state index is -1.68. The highest BCUT2D eigenvalue weighted by Crippen LogP contribution is 2.70. The lowest BCUT2D eigenvalue weighted by Gasteiger charge is -2.62. The molecule has 0 amide bonds. The van der Waals surface area contributed by atoms with Gasteiger partial charge in [-0.15, -0.1) is 20.2 Å². The van der Waals surface area contributed by atoms with Gasteiger partial charge < -0.3 is 33.8 Å². The van der Waals surface area contributed by atoms with E-state index in [-0.39, 0.29) is 34.2 Å². The molecule has 1 aromatic rings. The van der Waals surface area contributed by atoms with Crippen LogP contribution in [0.25, 0.3) is 0 Å². The van der Waals surface area contributed by atoms with Crippen LogP contribution in [0.5, 0.6) is 0 Å². The number of hydrogen-bond donors (Lipinski definition) is 2. The first-order valence-corrected chi connectivity index (χ1v) is 15.4. The van der Waals surface area contributed by atoms with E-state index in [0.717, 1.165) is 44.1 Å². The highest BCUT2D eigenvalue weighted by molar-refractivity contribution is 5.31. The van der Waals surface area contributed by atoms with Crippen LogP contribution in [0, 0.1) is 42.9 Å². The maximum atomic E-state index is 12.5. The van der Waals surface area contributed by atoms with Crippen molar-refractivity contribution < 1.29 is 44.0 Å². The predicted octanol–water partition coefficient (Wildman–Crippen LogP) is 3.45. The molecule has 4 fully saturated rings. The number of aliphatic hydroxyl groups is 2. The molecule has 2 N–H and O–H groups in total. The summed E-state index contributed by atoms with van der Waals surface area (Å²) >= 11 is 0. The molecule has 14 nitrogen and oxygen atoms in total. The number of aliphatic hydroxyl groups excluding tert-OH is 1. The maximum absolute atomic E-state index is 12.5. The molecule has 1 aliphatic heterocycles. The highest BCUT2D eigenvalue weighted by Gasteiger charge is 2.66. The maximum Gasteiger partial charge on any atom is 0.335 e. The van der Waals surface area contributed by atoms with Crippen molar-refractivity contribution in [1.82, 2.24) is 0 Å². The minimum Gasteiger partial charge on any atom is -0.431 e. The van der Waals surface area contributed by atoms with Crippen LogP contribution < -0.4 is 5.63 Å². The van der Waals surface area contributed by atoms with Crippen LogP contribution in [-0.2, 0) is 19.1 Å². The third kappa shape index (κ3) is 4.90. The van der Waals surface area contributed by atoms with Gasteiger partial charge in [-0.1, -0.05) is 25.5 Å². The van der Waals surface area contributed by atoms with Gasteiger partial charge in [0.1, 0.15) is 6.10 Å². The van der Waals surface area contributed by atoms with Gasteiger partial charge in [0.05, 0.1) is 24.1 Å². The van der Waals surface area contributed by atoms with Crippen LogP contribution >= 0.6 is 0 Å². The smallest absolute Gasteiger partial charge is 0.335 e. The molecule has 5 aliphatic rings. The first-order chi connectivity index (χ1) is 20.8. The molecule has 2 heterocycles. The van der Waals surface area contributed by atoms with Gasteiger partial charge in [0, 0.05) is 11.5 Å². The summed E-state index contributed by atoms with van der Waals surface area (Å²) < 4.78 is 17.1. The van der Waals surface area contributed by atoms with Crippen molar-refractivity contribution >= 4 is 0 Å². The Labute approximate surface area is 253 Å². The Hall–Kier alpha value is -3.07. The molecule has 3 saturated carbocycles. The van der Waals surface area contributed by atoms with Gasteiger partial charge in [0.2, 0.25) is 0 Å². The number of nitrogens with zero attached hydrogens (tertiary/aromatic N) is 2. The van der Waals surface area contributed by atoms with E-state index >= 15 is 0 Å². The third-order valence-corrected chi connectivity index (χ3v) is 11.9. The zero-order valence-electron chi connectivity index (χ0n) is 25.0. The predicted molar refractivity (Wildman–Crippen MR) is 150 cm³/mol. The standard InChI is InChI=1S/C30H40N2O12/c1-16-24(34)25(43-31(36)37)26(44-32(38)39)27(41-16)42-19-8-11-28(2)18(14-19)5-6-22-21(28)9-12-29(3)20(10-13-30(22,29)35)17-4-7-23(33)40-15-17/h4,7,14-16,19-22,24-27,34-35H,5-6,8-13H2,1-3H3/t16-,19-,20+,21-,22+,24-,25+,26+,27-,28-,29+,30-/m0/s1. The summed E-state index contributed by atoms with van der Waals surface area (Å²) in [4.78, 5) is 43.2. The molecule has 0 bridgehead atoms. The molecule has 4 aliphatic carbocycles. The number of allylic oxidation sites excluding steroid dienone is 1. The van der Waals surface area contributed by atoms with E-state index in [1.54, 1.807) is 6.26 Å². The normalized spacial score (nSPS) is 44.8. The topological polar surface area (TPSA) is 194 Å². The molecule has 1 aromatic heterocycles. The number of ether oxygens (including phenoxy) is 2. The van der Waals surface area contributed by atoms with E-state index in [4.69, 9.17) is 18.7 Å². The van der Waals surface area contributed by atoms with Gasteiger partial charge >= 0.3 is 5.63 Å². The average molecular weight is 621 g/mol. The SMILES string of the molecule is C[C@@H]1O[C@@H](O[C@@H]2C=C3CC[C@@H]4[C@H](CC[C@]5(C)[C@@H](c6ccc(=O)oc6)CC[C@]45O)[C@@]3(C)CC2)[C@H](O[N+](=O)[O-])[C@H](O[N+](=O)[O-])[C@H]1O. The third-order valence-electron chi connectivity index (χ3n) is 11.9. The summed E-state index contributed by atoms with van der Waals surface area (Å²) in [6.07, 6.45) is 1.97. The molecular weight excluding hydrogens is 580 g/mol. The zero-order chi connectivity index (χ0) is 31.6. The van der Waals surface area contributed by atoms with E-state index in [1.165, 1.54) is 18.6 Å². The molecule has 44 heavy (non-hydrogen) atoms. The van der Waals surface area contributed by atoms with E-state index in [2.05, 4.69) is 18.7 Å². The molecular formula is C30H40N2O12. The van der Waals surface area contributed by atoms with Crippen LogP contribution in [0.15, 0.2) is 39.3 Å². The molecule has 1 saturated heterocycles. The van der Waals surface area contributed by atoms with Gasteiger partial charge in [0.15, 0.2) is 18.5 Å². The summed E-state index contributed by atoms with van der Waals surface area (Å²) in [6.45, 7) is 5.91. The Balaban J connectivity index is 1.21. The van der Waals surface area contributed by atoms with Crippen LogP contribution in [0.1, 0.15) is 83.6 Å². The molecule has 0 aromatic carbocycles.